The van der Waals surface area contributed by atoms with Crippen LogP contribution in [-0.4, -0.2) is 18.5 Å². The van der Waals surface area contributed by atoms with Crippen LogP contribution in [0.5, 0.6) is 0 Å². The van der Waals surface area contributed by atoms with Crippen LogP contribution in [-0.2, 0) is 4.74 Å². The van der Waals surface area contributed by atoms with Gasteiger partial charge in [0.1, 0.15) is 6.10 Å². The molecule has 0 saturated carbocycles. The quantitative estimate of drug-likeness (QED) is 0.808. The number of aliphatic imine (C=N–C) groups is 1. The molecule has 2 N–H and O–H groups in total. The van der Waals surface area contributed by atoms with Gasteiger partial charge in [0.25, 0.3) is 0 Å². The molecule has 0 radical (unpaired) electrons. The number of ether oxygens (including phenoxy) is 1. The predicted octanol–water partition coefficient (Wildman–Crippen LogP) is 2.69. The summed E-state index contributed by atoms with van der Waals surface area (Å²) in [5.41, 5.74) is 8.77. The van der Waals surface area contributed by atoms with Gasteiger partial charge in [-0.1, -0.05) is 30.4 Å². The van der Waals surface area contributed by atoms with Gasteiger partial charge in [0.05, 0.1) is 12.1 Å². The lowest BCUT2D eigenvalue weighted by Crippen LogP contribution is -2.16. The summed E-state index contributed by atoms with van der Waals surface area (Å²) in [6, 6.07) is 7.68. The van der Waals surface area contributed by atoms with Crippen LogP contribution in [0.3, 0.4) is 0 Å². The number of nitrogens with zero attached hydrogens (tertiary/aromatic N) is 1. The van der Waals surface area contributed by atoms with Crippen LogP contribution in [0.4, 0.5) is 5.69 Å². The lowest BCUT2D eigenvalue weighted by molar-refractivity contribution is 0.265. The summed E-state index contributed by atoms with van der Waals surface area (Å²) in [6.45, 7) is 0.680. The Hall–Kier alpha value is -2.03. The van der Waals surface area contributed by atoms with Crippen molar-refractivity contribution in [2.75, 3.05) is 12.3 Å². The summed E-state index contributed by atoms with van der Waals surface area (Å²) in [4.78, 5) is 4.46. The molecule has 3 rings (SSSR count). The molecule has 1 aromatic rings. The van der Waals surface area contributed by atoms with Gasteiger partial charge in [-0.15, -0.1) is 0 Å². The molecule has 0 bridgehead atoms. The van der Waals surface area contributed by atoms with Gasteiger partial charge in [0, 0.05) is 5.69 Å². The van der Waals surface area contributed by atoms with E-state index >= 15 is 0 Å². The number of nitrogens with two attached hydrogens (primary N) is 1. The van der Waals surface area contributed by atoms with Gasteiger partial charge in [-0.05, 0) is 30.5 Å². The minimum Gasteiger partial charge on any atom is -0.467 e. The zero-order valence-electron chi connectivity index (χ0n) is 10.2. The van der Waals surface area contributed by atoms with E-state index in [1.54, 1.807) is 0 Å². The first-order valence-electron chi connectivity index (χ1n) is 6.27. The maximum atomic E-state index is 5.93. The molecule has 2 aliphatic rings. The Morgan fingerprint density at radius 3 is 2.89 bits per heavy atom. The lowest BCUT2D eigenvalue weighted by Gasteiger charge is -2.15. The van der Waals surface area contributed by atoms with Crippen molar-refractivity contribution in [1.29, 1.82) is 0 Å². The number of allylic oxidation sites excluding steroid dienone is 2. The second-order valence-corrected chi connectivity index (χ2v) is 4.52. The molecule has 3 heteroatoms. The van der Waals surface area contributed by atoms with Crippen LogP contribution in [0, 0.1) is 0 Å². The molecule has 0 spiro atoms. The number of hydrogen-bond donors (Lipinski definition) is 1. The normalized spacial score (nSPS) is 22.3. The molecule has 1 atom stereocenters. The van der Waals surface area contributed by atoms with E-state index in [2.05, 4.69) is 23.2 Å². The molecule has 0 saturated heterocycles. The Bertz CT molecular complexity index is 543. The zero-order valence-corrected chi connectivity index (χ0v) is 10.2. The standard InChI is InChI=1S/C15H16N2O/c16-13-9-5-4-8-12(13)15-17-10-14(18-15)11-6-2-1-3-7-11/h2,4-9,14H,1,3,10,16H2. The first kappa shape index (κ1) is 11.1. The molecule has 1 aliphatic heterocycles. The third-order valence-electron chi connectivity index (χ3n) is 3.24. The lowest BCUT2D eigenvalue weighted by atomic mass is 10.0. The second kappa shape index (κ2) is 4.69. The Balaban J connectivity index is 1.77. The fourth-order valence-corrected chi connectivity index (χ4v) is 2.26. The average molecular weight is 240 g/mol. The van der Waals surface area contributed by atoms with E-state index < -0.39 is 0 Å². The molecule has 3 nitrogen and oxygen atoms in total. The Morgan fingerprint density at radius 2 is 2.11 bits per heavy atom. The van der Waals surface area contributed by atoms with Gasteiger partial charge in [-0.25, -0.2) is 4.99 Å². The minimum atomic E-state index is 0.0520. The van der Waals surface area contributed by atoms with Gasteiger partial charge in [0.2, 0.25) is 5.90 Å². The zero-order chi connectivity index (χ0) is 12.4. The summed E-state index contributed by atoms with van der Waals surface area (Å²) in [6.07, 6.45) is 8.83. The summed E-state index contributed by atoms with van der Waals surface area (Å²) < 4.78 is 5.92. The average Bonchev–Trinajstić information content (AvgIpc) is 2.90. The molecule has 1 heterocycles. The smallest absolute Gasteiger partial charge is 0.219 e. The summed E-state index contributed by atoms with van der Waals surface area (Å²) in [5.74, 6) is 0.665. The van der Waals surface area contributed by atoms with Crippen LogP contribution in [0.25, 0.3) is 0 Å². The van der Waals surface area contributed by atoms with Gasteiger partial charge >= 0.3 is 0 Å². The molecule has 1 aromatic carbocycles. The number of benzene rings is 1. The minimum absolute atomic E-state index is 0.0520. The summed E-state index contributed by atoms with van der Waals surface area (Å²) in [7, 11) is 0. The molecule has 18 heavy (non-hydrogen) atoms. The fraction of sp³-hybridized carbons (Fsp3) is 0.267. The van der Waals surface area contributed by atoms with Crippen molar-refractivity contribution in [3.8, 4) is 0 Å². The van der Waals surface area contributed by atoms with Gasteiger partial charge in [-0.2, -0.15) is 0 Å². The highest BCUT2D eigenvalue weighted by atomic mass is 16.5. The van der Waals surface area contributed by atoms with E-state index in [1.807, 2.05) is 24.3 Å². The monoisotopic (exact) mass is 240 g/mol. The van der Waals surface area contributed by atoms with E-state index in [9.17, 15) is 0 Å². The number of anilines is 1. The highest BCUT2D eigenvalue weighted by Crippen LogP contribution is 2.24. The van der Waals surface area contributed by atoms with Crippen LogP contribution in [0.1, 0.15) is 18.4 Å². The van der Waals surface area contributed by atoms with Gasteiger partial charge in [0.15, 0.2) is 0 Å². The van der Waals surface area contributed by atoms with E-state index in [0.717, 1.165) is 18.4 Å². The van der Waals surface area contributed by atoms with E-state index in [1.165, 1.54) is 5.57 Å². The van der Waals surface area contributed by atoms with Crippen molar-refractivity contribution in [2.24, 2.45) is 4.99 Å². The van der Waals surface area contributed by atoms with Crippen molar-refractivity contribution in [2.45, 2.75) is 18.9 Å². The van der Waals surface area contributed by atoms with Crippen LogP contribution >= 0.6 is 0 Å². The van der Waals surface area contributed by atoms with Gasteiger partial charge < -0.3 is 10.5 Å². The molecular weight excluding hydrogens is 224 g/mol. The summed E-state index contributed by atoms with van der Waals surface area (Å²) in [5, 5.41) is 0. The van der Waals surface area contributed by atoms with Crippen molar-refractivity contribution >= 4 is 11.6 Å². The fourth-order valence-electron chi connectivity index (χ4n) is 2.26. The third-order valence-corrected chi connectivity index (χ3v) is 3.24. The van der Waals surface area contributed by atoms with E-state index in [-0.39, 0.29) is 6.10 Å². The molecule has 0 fully saturated rings. The van der Waals surface area contributed by atoms with Crippen molar-refractivity contribution in [3.05, 3.63) is 53.6 Å². The Morgan fingerprint density at radius 1 is 1.22 bits per heavy atom. The molecular formula is C15H16N2O. The number of rotatable bonds is 2. The third kappa shape index (κ3) is 2.04. The molecule has 0 aromatic heterocycles. The van der Waals surface area contributed by atoms with E-state index in [0.29, 0.717) is 18.1 Å². The second-order valence-electron chi connectivity index (χ2n) is 4.52. The number of hydrogen-bond acceptors (Lipinski definition) is 3. The first-order valence-corrected chi connectivity index (χ1v) is 6.27. The summed E-state index contributed by atoms with van der Waals surface area (Å²) >= 11 is 0. The highest BCUT2D eigenvalue weighted by molar-refractivity contribution is 6.00. The molecule has 92 valence electrons. The topological polar surface area (TPSA) is 47.6 Å². The van der Waals surface area contributed by atoms with Crippen LogP contribution in [0.15, 0.2) is 53.1 Å². The predicted molar refractivity (Wildman–Crippen MR) is 73.6 cm³/mol. The maximum Gasteiger partial charge on any atom is 0.219 e. The molecule has 1 aliphatic carbocycles. The number of para-hydroxylation sites is 1. The van der Waals surface area contributed by atoms with Crippen molar-refractivity contribution in [3.63, 3.8) is 0 Å². The van der Waals surface area contributed by atoms with E-state index in [4.69, 9.17) is 10.5 Å². The van der Waals surface area contributed by atoms with Crippen LogP contribution in [0.2, 0.25) is 0 Å². The SMILES string of the molecule is Nc1ccccc1C1=NCC(C2=CCCC=C2)O1. The first-order chi connectivity index (χ1) is 8.84. The van der Waals surface area contributed by atoms with Gasteiger partial charge in [-0.3, -0.25) is 0 Å². The maximum absolute atomic E-state index is 5.93. The number of nitrogen functional groups attached to an aromatic ring is 1. The largest absolute Gasteiger partial charge is 0.467 e. The molecule has 1 unspecified atom stereocenters. The van der Waals surface area contributed by atoms with Crippen molar-refractivity contribution in [1.82, 2.24) is 0 Å². The van der Waals surface area contributed by atoms with Crippen molar-refractivity contribution < 1.29 is 4.74 Å². The highest BCUT2D eigenvalue weighted by Gasteiger charge is 2.24. The Labute approximate surface area is 107 Å². The Kier molecular flexibility index (Phi) is 2.89. The van der Waals surface area contributed by atoms with Crippen LogP contribution < -0.4 is 5.73 Å². The molecule has 0 amide bonds.